The van der Waals surface area contributed by atoms with Crippen LogP contribution in [0.25, 0.3) is 0 Å². The molecule has 0 aliphatic heterocycles. The van der Waals surface area contributed by atoms with Gasteiger partial charge in [0.15, 0.2) is 0 Å². The Balaban J connectivity index is 2.80. The van der Waals surface area contributed by atoms with Crippen molar-refractivity contribution in [3.8, 4) is 11.5 Å². The number of benzene rings is 1. The van der Waals surface area contributed by atoms with E-state index in [9.17, 15) is 4.79 Å². The van der Waals surface area contributed by atoms with Gasteiger partial charge in [0.05, 0.1) is 20.8 Å². The first-order chi connectivity index (χ1) is 8.62. The number of methoxy groups -OCH3 is 2. The van der Waals surface area contributed by atoms with Crippen molar-refractivity contribution in [3.63, 3.8) is 0 Å². The highest BCUT2D eigenvalue weighted by Gasteiger charge is 2.12. The number of hydrogen-bond acceptors (Lipinski definition) is 4. The van der Waals surface area contributed by atoms with Crippen LogP contribution in [0.3, 0.4) is 0 Å². The van der Waals surface area contributed by atoms with Crippen LogP contribution >= 0.6 is 0 Å². The van der Waals surface area contributed by atoms with E-state index in [4.69, 9.17) is 14.6 Å². The van der Waals surface area contributed by atoms with Gasteiger partial charge in [-0.3, -0.25) is 4.79 Å². The molecule has 18 heavy (non-hydrogen) atoms. The molecule has 1 aromatic carbocycles. The molecule has 0 spiro atoms. The molecule has 5 heteroatoms. The molecular weight excluding hydrogens is 234 g/mol. The first-order valence-corrected chi connectivity index (χ1v) is 5.68. The molecule has 1 rings (SSSR count). The van der Waals surface area contributed by atoms with Gasteiger partial charge in [0.2, 0.25) is 5.91 Å². The number of aliphatic hydroxyl groups is 1. The number of aliphatic hydroxyl groups excluding tert-OH is 1. The van der Waals surface area contributed by atoms with Crippen molar-refractivity contribution in [2.45, 2.75) is 13.0 Å². The Bertz CT molecular complexity index is 406. The maximum absolute atomic E-state index is 11.6. The number of carbonyl (C=O) groups is 1. The SMILES string of the molecule is COc1ccc(CN(C)C(=O)CCO)c(OC)c1. The van der Waals surface area contributed by atoms with E-state index in [2.05, 4.69) is 0 Å². The molecule has 1 aromatic rings. The zero-order valence-electron chi connectivity index (χ0n) is 11.0. The summed E-state index contributed by atoms with van der Waals surface area (Å²) >= 11 is 0. The van der Waals surface area contributed by atoms with Crippen LogP contribution < -0.4 is 9.47 Å². The molecule has 0 aromatic heterocycles. The zero-order valence-corrected chi connectivity index (χ0v) is 11.0. The zero-order chi connectivity index (χ0) is 13.5. The minimum Gasteiger partial charge on any atom is -0.497 e. The first kappa shape index (κ1) is 14.3. The van der Waals surface area contributed by atoms with Gasteiger partial charge in [-0.25, -0.2) is 0 Å². The average molecular weight is 253 g/mol. The minimum absolute atomic E-state index is 0.102. The Labute approximate surface area is 107 Å². The molecule has 100 valence electrons. The van der Waals surface area contributed by atoms with Crippen molar-refractivity contribution in [1.29, 1.82) is 0 Å². The Kier molecular flexibility index (Phi) is 5.45. The highest BCUT2D eigenvalue weighted by atomic mass is 16.5. The van der Waals surface area contributed by atoms with Crippen LogP contribution in [0.5, 0.6) is 11.5 Å². The fourth-order valence-corrected chi connectivity index (χ4v) is 1.61. The summed E-state index contributed by atoms with van der Waals surface area (Å²) in [6, 6.07) is 5.46. The molecular formula is C13H19NO4. The Hall–Kier alpha value is -1.75. The smallest absolute Gasteiger partial charge is 0.224 e. The Morgan fingerprint density at radius 1 is 1.33 bits per heavy atom. The predicted molar refractivity (Wildman–Crippen MR) is 67.7 cm³/mol. The Morgan fingerprint density at radius 3 is 2.61 bits per heavy atom. The molecule has 5 nitrogen and oxygen atoms in total. The maximum atomic E-state index is 11.6. The maximum Gasteiger partial charge on any atom is 0.224 e. The second kappa shape index (κ2) is 6.86. The van der Waals surface area contributed by atoms with Crippen molar-refractivity contribution in [1.82, 2.24) is 4.90 Å². The standard InChI is InChI=1S/C13H19NO4/c1-14(13(16)6-7-15)9-10-4-5-11(17-2)8-12(10)18-3/h4-5,8,15H,6-7,9H2,1-3H3. The highest BCUT2D eigenvalue weighted by Crippen LogP contribution is 2.25. The summed E-state index contributed by atoms with van der Waals surface area (Å²) < 4.78 is 10.4. The van der Waals surface area contributed by atoms with Crippen LogP contribution in [-0.2, 0) is 11.3 Å². The number of nitrogens with zero attached hydrogens (tertiary/aromatic N) is 1. The van der Waals surface area contributed by atoms with Crippen LogP contribution in [0.2, 0.25) is 0 Å². The summed E-state index contributed by atoms with van der Waals surface area (Å²) in [7, 11) is 4.86. The fourth-order valence-electron chi connectivity index (χ4n) is 1.61. The fraction of sp³-hybridized carbons (Fsp3) is 0.462. The summed E-state index contributed by atoms with van der Waals surface area (Å²) in [5.74, 6) is 1.29. The van der Waals surface area contributed by atoms with Crippen molar-refractivity contribution in [2.24, 2.45) is 0 Å². The van der Waals surface area contributed by atoms with Gasteiger partial charge in [-0.15, -0.1) is 0 Å². The van der Waals surface area contributed by atoms with Crippen LogP contribution in [0.4, 0.5) is 0 Å². The second-order valence-electron chi connectivity index (χ2n) is 3.90. The van der Waals surface area contributed by atoms with Crippen LogP contribution in [0.1, 0.15) is 12.0 Å². The molecule has 0 radical (unpaired) electrons. The van der Waals surface area contributed by atoms with Crippen molar-refractivity contribution in [3.05, 3.63) is 23.8 Å². The number of carbonyl (C=O) groups excluding carboxylic acids is 1. The molecule has 0 bridgehead atoms. The highest BCUT2D eigenvalue weighted by molar-refractivity contribution is 5.76. The number of hydrogen-bond donors (Lipinski definition) is 1. The lowest BCUT2D eigenvalue weighted by atomic mass is 10.1. The minimum atomic E-state index is -0.136. The molecule has 0 aliphatic rings. The number of ether oxygens (including phenoxy) is 2. The second-order valence-corrected chi connectivity index (χ2v) is 3.90. The van der Waals surface area contributed by atoms with Gasteiger partial charge >= 0.3 is 0 Å². The first-order valence-electron chi connectivity index (χ1n) is 5.68. The monoisotopic (exact) mass is 253 g/mol. The van der Waals surface area contributed by atoms with E-state index < -0.39 is 0 Å². The summed E-state index contributed by atoms with van der Waals surface area (Å²) in [6.45, 7) is 0.301. The summed E-state index contributed by atoms with van der Waals surface area (Å²) in [5.41, 5.74) is 0.895. The lowest BCUT2D eigenvalue weighted by Crippen LogP contribution is -2.26. The topological polar surface area (TPSA) is 59.0 Å². The van der Waals surface area contributed by atoms with Crippen molar-refractivity contribution >= 4 is 5.91 Å². The van der Waals surface area contributed by atoms with Crippen molar-refractivity contribution in [2.75, 3.05) is 27.9 Å². The number of rotatable bonds is 6. The quantitative estimate of drug-likeness (QED) is 0.823. The molecule has 0 aliphatic carbocycles. The summed E-state index contributed by atoms with van der Waals surface area (Å²) in [6.07, 6.45) is 0.134. The predicted octanol–water partition coefficient (Wildman–Crippen LogP) is 1.04. The third kappa shape index (κ3) is 3.63. The average Bonchev–Trinajstić information content (AvgIpc) is 2.39. The largest absolute Gasteiger partial charge is 0.497 e. The molecule has 0 saturated heterocycles. The van der Waals surface area contributed by atoms with E-state index in [1.54, 1.807) is 32.2 Å². The lowest BCUT2D eigenvalue weighted by Gasteiger charge is -2.18. The van der Waals surface area contributed by atoms with E-state index in [0.29, 0.717) is 18.0 Å². The van der Waals surface area contributed by atoms with Crippen LogP contribution in [0, 0.1) is 0 Å². The summed E-state index contributed by atoms with van der Waals surface area (Å²) in [4.78, 5) is 13.1. The lowest BCUT2D eigenvalue weighted by molar-refractivity contribution is -0.131. The normalized spacial score (nSPS) is 10.0. The van der Waals surface area contributed by atoms with Crippen LogP contribution in [0.15, 0.2) is 18.2 Å². The molecule has 0 saturated carbocycles. The van der Waals surface area contributed by atoms with Gasteiger partial charge in [-0.2, -0.15) is 0 Å². The van der Waals surface area contributed by atoms with Crippen molar-refractivity contribution < 1.29 is 19.4 Å². The molecule has 1 N–H and O–H groups in total. The van der Waals surface area contributed by atoms with Gasteiger partial charge in [0.1, 0.15) is 11.5 Å². The van der Waals surface area contributed by atoms with Gasteiger partial charge in [-0.1, -0.05) is 0 Å². The molecule has 0 unspecified atom stereocenters. The number of amides is 1. The van der Waals surface area contributed by atoms with E-state index >= 15 is 0 Å². The van der Waals surface area contributed by atoms with E-state index in [1.165, 1.54) is 0 Å². The molecule has 1 amide bonds. The third-order valence-corrected chi connectivity index (χ3v) is 2.65. The van der Waals surface area contributed by atoms with Gasteiger partial charge in [-0.05, 0) is 12.1 Å². The van der Waals surface area contributed by atoms with Crippen LogP contribution in [-0.4, -0.2) is 43.8 Å². The summed E-state index contributed by atoms with van der Waals surface area (Å²) in [5, 5.41) is 8.73. The molecule has 0 fully saturated rings. The van der Waals surface area contributed by atoms with E-state index in [1.807, 2.05) is 12.1 Å². The molecule has 0 atom stereocenters. The van der Waals surface area contributed by atoms with E-state index in [0.717, 1.165) is 5.56 Å². The van der Waals surface area contributed by atoms with Gasteiger partial charge in [0.25, 0.3) is 0 Å². The van der Waals surface area contributed by atoms with E-state index in [-0.39, 0.29) is 18.9 Å². The Morgan fingerprint density at radius 2 is 2.06 bits per heavy atom. The van der Waals surface area contributed by atoms with Gasteiger partial charge in [0, 0.05) is 31.6 Å². The molecule has 0 heterocycles. The van der Waals surface area contributed by atoms with Gasteiger partial charge < -0.3 is 19.5 Å². The third-order valence-electron chi connectivity index (χ3n) is 2.65.